The number of esters is 1. The first-order chi connectivity index (χ1) is 10.5. The minimum absolute atomic E-state index is 0.201. The molecular weight excluding hydrogens is 288 g/mol. The van der Waals surface area contributed by atoms with Crippen molar-refractivity contribution in [1.29, 1.82) is 5.26 Å². The molecule has 0 saturated carbocycles. The van der Waals surface area contributed by atoms with E-state index in [0.717, 1.165) is 7.11 Å². The molecule has 1 aromatic carbocycles. The second kappa shape index (κ2) is 8.44. The summed E-state index contributed by atoms with van der Waals surface area (Å²) in [4.78, 5) is 23.3. The summed E-state index contributed by atoms with van der Waals surface area (Å²) in [5, 5.41) is 20.3. The number of amides is 1. The zero-order chi connectivity index (χ0) is 16.5. The predicted molar refractivity (Wildman–Crippen MR) is 77.6 cm³/mol. The van der Waals surface area contributed by atoms with Gasteiger partial charge in [0, 0.05) is 0 Å². The van der Waals surface area contributed by atoms with Crippen molar-refractivity contribution in [3.05, 3.63) is 35.4 Å². The summed E-state index contributed by atoms with van der Waals surface area (Å²) < 4.78 is 9.44. The van der Waals surface area contributed by atoms with Gasteiger partial charge in [-0.2, -0.15) is 5.26 Å². The van der Waals surface area contributed by atoms with Gasteiger partial charge < -0.3 is 19.9 Å². The molecular formula is C15H16N2O5. The Hall–Kier alpha value is -2.85. The van der Waals surface area contributed by atoms with E-state index in [1.54, 1.807) is 30.3 Å². The van der Waals surface area contributed by atoms with E-state index in [-0.39, 0.29) is 5.57 Å². The van der Waals surface area contributed by atoms with Crippen molar-refractivity contribution in [2.24, 2.45) is 0 Å². The van der Waals surface area contributed by atoms with Crippen LogP contribution in [0.5, 0.6) is 5.75 Å². The molecule has 0 aromatic heterocycles. The summed E-state index contributed by atoms with van der Waals surface area (Å²) >= 11 is 0. The van der Waals surface area contributed by atoms with Gasteiger partial charge in [-0.15, -0.1) is 0 Å². The summed E-state index contributed by atoms with van der Waals surface area (Å²) in [5.74, 6) is -0.925. The van der Waals surface area contributed by atoms with Crippen LogP contribution in [0.25, 0.3) is 6.08 Å². The van der Waals surface area contributed by atoms with Gasteiger partial charge in [-0.1, -0.05) is 12.1 Å². The van der Waals surface area contributed by atoms with Crippen molar-refractivity contribution in [2.45, 2.75) is 6.04 Å². The molecule has 0 aliphatic rings. The first kappa shape index (κ1) is 17.2. The van der Waals surface area contributed by atoms with E-state index in [0.29, 0.717) is 11.3 Å². The Kier molecular flexibility index (Phi) is 6.60. The highest BCUT2D eigenvalue weighted by molar-refractivity contribution is 6.03. The first-order valence-corrected chi connectivity index (χ1v) is 6.31. The van der Waals surface area contributed by atoms with Crippen molar-refractivity contribution in [2.75, 3.05) is 20.8 Å². The van der Waals surface area contributed by atoms with Crippen LogP contribution in [0, 0.1) is 11.3 Å². The first-order valence-electron chi connectivity index (χ1n) is 6.31. The summed E-state index contributed by atoms with van der Waals surface area (Å²) in [5.41, 5.74) is 0.415. The minimum Gasteiger partial charge on any atom is -0.497 e. The van der Waals surface area contributed by atoms with Crippen molar-refractivity contribution in [3.63, 3.8) is 0 Å². The topological polar surface area (TPSA) is 109 Å². The number of nitriles is 1. The fourth-order valence-corrected chi connectivity index (χ4v) is 1.57. The Bertz CT molecular complexity index is 601. The van der Waals surface area contributed by atoms with E-state index in [1.807, 2.05) is 0 Å². The van der Waals surface area contributed by atoms with Crippen LogP contribution in [-0.4, -0.2) is 43.9 Å². The Labute approximate surface area is 127 Å². The van der Waals surface area contributed by atoms with Gasteiger partial charge in [0.05, 0.1) is 20.8 Å². The van der Waals surface area contributed by atoms with Crippen LogP contribution in [-0.2, 0) is 14.3 Å². The Morgan fingerprint density at radius 2 is 2.00 bits per heavy atom. The third kappa shape index (κ3) is 4.61. The third-order valence-electron chi connectivity index (χ3n) is 2.77. The lowest BCUT2D eigenvalue weighted by Gasteiger charge is -2.13. The van der Waals surface area contributed by atoms with Crippen LogP contribution in [0.15, 0.2) is 29.8 Å². The Morgan fingerprint density at radius 3 is 2.45 bits per heavy atom. The number of hydrogen-bond acceptors (Lipinski definition) is 6. The van der Waals surface area contributed by atoms with Gasteiger partial charge >= 0.3 is 5.97 Å². The van der Waals surface area contributed by atoms with E-state index >= 15 is 0 Å². The zero-order valence-corrected chi connectivity index (χ0v) is 12.2. The van der Waals surface area contributed by atoms with Crippen LogP contribution < -0.4 is 10.1 Å². The number of aliphatic hydroxyl groups excluding tert-OH is 1. The number of carbonyl (C=O) groups excluding carboxylic acids is 2. The number of nitrogens with zero attached hydrogens (tertiary/aromatic N) is 1. The Morgan fingerprint density at radius 1 is 1.36 bits per heavy atom. The lowest BCUT2D eigenvalue weighted by Crippen LogP contribution is -2.44. The van der Waals surface area contributed by atoms with E-state index in [2.05, 4.69) is 10.1 Å². The lowest BCUT2D eigenvalue weighted by atomic mass is 10.1. The molecule has 1 rings (SSSR count). The average molecular weight is 304 g/mol. The standard InChI is InChI=1S/C15H16N2O5/c1-21-12-5-3-10(4-6-12)7-11(8-16)14(19)17-13(9-18)15(20)22-2/h3-7,13,18H,9H2,1-2H3,(H,17,19)/b11-7+/t13-/m0/s1. The molecule has 0 heterocycles. The van der Waals surface area contributed by atoms with E-state index < -0.39 is 24.5 Å². The molecule has 0 unspecified atom stereocenters. The highest BCUT2D eigenvalue weighted by Crippen LogP contribution is 2.14. The number of rotatable bonds is 6. The summed E-state index contributed by atoms with van der Waals surface area (Å²) in [7, 11) is 2.66. The van der Waals surface area contributed by atoms with Gasteiger partial charge in [-0.25, -0.2) is 4.79 Å². The smallest absolute Gasteiger partial charge is 0.330 e. The second-order valence-corrected chi connectivity index (χ2v) is 4.17. The molecule has 116 valence electrons. The summed E-state index contributed by atoms with van der Waals surface area (Å²) in [6, 6.07) is 7.25. The monoisotopic (exact) mass is 304 g/mol. The fraction of sp³-hybridized carbons (Fsp3) is 0.267. The fourth-order valence-electron chi connectivity index (χ4n) is 1.57. The Balaban J connectivity index is 2.89. The number of ether oxygens (including phenoxy) is 2. The van der Waals surface area contributed by atoms with Gasteiger partial charge in [0.15, 0.2) is 6.04 Å². The largest absolute Gasteiger partial charge is 0.497 e. The maximum atomic E-state index is 11.9. The van der Waals surface area contributed by atoms with E-state index in [1.165, 1.54) is 13.2 Å². The van der Waals surface area contributed by atoms with Gasteiger partial charge in [0.2, 0.25) is 0 Å². The maximum Gasteiger partial charge on any atom is 0.330 e. The van der Waals surface area contributed by atoms with Gasteiger partial charge in [0.1, 0.15) is 17.4 Å². The number of hydrogen-bond donors (Lipinski definition) is 2. The molecule has 0 aliphatic heterocycles. The molecule has 22 heavy (non-hydrogen) atoms. The van der Waals surface area contributed by atoms with E-state index in [9.17, 15) is 9.59 Å². The number of aliphatic hydroxyl groups is 1. The molecule has 0 saturated heterocycles. The average Bonchev–Trinajstić information content (AvgIpc) is 2.57. The molecule has 1 aromatic rings. The molecule has 0 fully saturated rings. The lowest BCUT2D eigenvalue weighted by molar-refractivity contribution is -0.145. The number of nitrogens with one attached hydrogen (secondary N) is 1. The van der Waals surface area contributed by atoms with Crippen LogP contribution in [0.1, 0.15) is 5.56 Å². The van der Waals surface area contributed by atoms with Gasteiger partial charge in [0.25, 0.3) is 5.91 Å². The van der Waals surface area contributed by atoms with Crippen LogP contribution in [0.2, 0.25) is 0 Å². The molecule has 0 bridgehead atoms. The maximum absolute atomic E-state index is 11.9. The van der Waals surface area contributed by atoms with Crippen molar-refractivity contribution < 1.29 is 24.2 Å². The van der Waals surface area contributed by atoms with Crippen molar-refractivity contribution >= 4 is 18.0 Å². The molecule has 0 radical (unpaired) electrons. The minimum atomic E-state index is -1.22. The van der Waals surface area contributed by atoms with Gasteiger partial charge in [-0.3, -0.25) is 4.79 Å². The van der Waals surface area contributed by atoms with Crippen molar-refractivity contribution in [3.8, 4) is 11.8 Å². The normalized spacial score (nSPS) is 12.0. The van der Waals surface area contributed by atoms with Crippen LogP contribution >= 0.6 is 0 Å². The molecule has 1 atom stereocenters. The molecule has 1 amide bonds. The number of benzene rings is 1. The molecule has 2 N–H and O–H groups in total. The summed E-state index contributed by atoms with van der Waals surface area (Å²) in [6.45, 7) is -0.625. The quantitative estimate of drug-likeness (QED) is 0.443. The highest BCUT2D eigenvalue weighted by Gasteiger charge is 2.22. The highest BCUT2D eigenvalue weighted by atomic mass is 16.5. The predicted octanol–water partition coefficient (Wildman–Crippen LogP) is 0.252. The molecule has 0 aliphatic carbocycles. The zero-order valence-electron chi connectivity index (χ0n) is 12.2. The molecule has 0 spiro atoms. The molecule has 7 heteroatoms. The van der Waals surface area contributed by atoms with Crippen LogP contribution in [0.4, 0.5) is 0 Å². The van der Waals surface area contributed by atoms with E-state index in [4.69, 9.17) is 15.1 Å². The summed E-state index contributed by atoms with van der Waals surface area (Å²) in [6.07, 6.45) is 1.36. The van der Waals surface area contributed by atoms with Crippen LogP contribution in [0.3, 0.4) is 0 Å². The van der Waals surface area contributed by atoms with Crippen molar-refractivity contribution in [1.82, 2.24) is 5.32 Å². The number of methoxy groups -OCH3 is 2. The second-order valence-electron chi connectivity index (χ2n) is 4.17. The SMILES string of the molecule is COC(=O)[C@H](CO)NC(=O)/C(C#N)=C/c1ccc(OC)cc1. The van der Waals surface area contributed by atoms with Gasteiger partial charge in [-0.05, 0) is 23.8 Å². The third-order valence-corrected chi connectivity index (χ3v) is 2.77. The molecule has 7 nitrogen and oxygen atoms in total. The number of carbonyl (C=O) groups is 2.